The minimum Gasteiger partial charge on any atom is -0.462 e. The predicted molar refractivity (Wildman–Crippen MR) is 65.7 cm³/mol. The summed E-state index contributed by atoms with van der Waals surface area (Å²) in [6, 6.07) is 7.77. The molecule has 4 heteroatoms. The van der Waals surface area contributed by atoms with Crippen molar-refractivity contribution in [3.05, 3.63) is 30.1 Å². The molecule has 0 saturated carbocycles. The highest BCUT2D eigenvalue weighted by molar-refractivity contribution is 5.78. The molecule has 1 heterocycles. The van der Waals surface area contributed by atoms with Gasteiger partial charge in [-0.2, -0.15) is 0 Å². The fourth-order valence-electron chi connectivity index (χ4n) is 1.82. The molecule has 2 aromatic rings. The third-order valence-corrected chi connectivity index (χ3v) is 2.50. The highest BCUT2D eigenvalue weighted by Gasteiger charge is 2.12. The maximum Gasteiger partial charge on any atom is 0.326 e. The van der Waals surface area contributed by atoms with E-state index < -0.39 is 0 Å². The topological polar surface area (TPSA) is 44.1 Å². The second kappa shape index (κ2) is 4.57. The van der Waals surface area contributed by atoms with Crippen molar-refractivity contribution in [3.8, 4) is 0 Å². The molecule has 0 spiro atoms. The van der Waals surface area contributed by atoms with Gasteiger partial charge in [0.2, 0.25) is 0 Å². The number of fused-ring (bicyclic) bond motifs is 1. The summed E-state index contributed by atoms with van der Waals surface area (Å²) in [5.41, 5.74) is 1.87. The Hall–Kier alpha value is -1.84. The molecule has 0 N–H and O–H groups in total. The summed E-state index contributed by atoms with van der Waals surface area (Å²) in [5.74, 6) is 0.596. The summed E-state index contributed by atoms with van der Waals surface area (Å²) in [5, 5.41) is 0. The van der Waals surface area contributed by atoms with Crippen molar-refractivity contribution in [1.29, 1.82) is 0 Å². The first-order valence-electron chi connectivity index (χ1n) is 5.69. The molecule has 0 unspecified atom stereocenters. The average Bonchev–Trinajstić information content (AvgIpc) is 2.55. The number of hydrogen-bond acceptors (Lipinski definition) is 3. The summed E-state index contributed by atoms with van der Waals surface area (Å²) in [6.07, 6.45) is -0.0856. The van der Waals surface area contributed by atoms with Crippen molar-refractivity contribution in [2.24, 2.45) is 0 Å². The van der Waals surface area contributed by atoms with Gasteiger partial charge in [-0.3, -0.25) is 4.79 Å². The van der Waals surface area contributed by atoms with Gasteiger partial charge < -0.3 is 9.30 Å². The van der Waals surface area contributed by atoms with Crippen LogP contribution in [0.3, 0.4) is 0 Å². The lowest BCUT2D eigenvalue weighted by Crippen LogP contribution is -2.18. The van der Waals surface area contributed by atoms with E-state index in [2.05, 4.69) is 4.98 Å². The number of para-hydroxylation sites is 2. The van der Waals surface area contributed by atoms with Crippen LogP contribution in [0.1, 0.15) is 19.7 Å². The zero-order valence-electron chi connectivity index (χ0n) is 10.3. The monoisotopic (exact) mass is 232 g/mol. The lowest BCUT2D eigenvalue weighted by molar-refractivity contribution is -0.148. The third kappa shape index (κ3) is 2.46. The van der Waals surface area contributed by atoms with Gasteiger partial charge in [-0.1, -0.05) is 12.1 Å². The van der Waals surface area contributed by atoms with Crippen molar-refractivity contribution in [2.75, 3.05) is 0 Å². The van der Waals surface area contributed by atoms with E-state index in [1.165, 1.54) is 0 Å². The first kappa shape index (κ1) is 11.6. The van der Waals surface area contributed by atoms with Gasteiger partial charge in [0, 0.05) is 0 Å². The smallest absolute Gasteiger partial charge is 0.326 e. The Bertz CT molecular complexity index is 543. The van der Waals surface area contributed by atoms with Crippen molar-refractivity contribution in [1.82, 2.24) is 9.55 Å². The van der Waals surface area contributed by atoms with Gasteiger partial charge in [0.05, 0.1) is 17.1 Å². The number of ether oxygens (including phenoxy) is 1. The minimum atomic E-state index is -0.230. The van der Waals surface area contributed by atoms with E-state index in [4.69, 9.17) is 4.74 Å². The number of imidazole rings is 1. The molecule has 2 rings (SSSR count). The number of carbonyl (C=O) groups excluding carboxylic acids is 1. The Morgan fingerprint density at radius 2 is 2.12 bits per heavy atom. The van der Waals surface area contributed by atoms with Gasteiger partial charge in [0.1, 0.15) is 12.4 Å². The molecular formula is C13H16N2O2. The lowest BCUT2D eigenvalue weighted by Gasteiger charge is -2.09. The Morgan fingerprint density at radius 3 is 2.82 bits per heavy atom. The number of nitrogens with zero attached hydrogens (tertiary/aromatic N) is 2. The molecule has 1 aromatic carbocycles. The molecule has 0 aliphatic rings. The largest absolute Gasteiger partial charge is 0.462 e. The third-order valence-electron chi connectivity index (χ3n) is 2.50. The average molecular weight is 232 g/mol. The number of benzene rings is 1. The van der Waals surface area contributed by atoms with Crippen LogP contribution in [-0.4, -0.2) is 21.6 Å². The van der Waals surface area contributed by atoms with Crippen molar-refractivity contribution in [2.45, 2.75) is 33.4 Å². The zero-order chi connectivity index (χ0) is 12.4. The molecule has 0 radical (unpaired) electrons. The molecule has 0 amide bonds. The molecule has 0 atom stereocenters. The van der Waals surface area contributed by atoms with Crippen LogP contribution in [0, 0.1) is 6.92 Å². The van der Waals surface area contributed by atoms with E-state index in [0.29, 0.717) is 0 Å². The summed E-state index contributed by atoms with van der Waals surface area (Å²) < 4.78 is 7.01. The van der Waals surface area contributed by atoms with E-state index >= 15 is 0 Å². The maximum absolute atomic E-state index is 11.6. The second-order valence-electron chi connectivity index (χ2n) is 4.27. The van der Waals surface area contributed by atoms with E-state index in [-0.39, 0.29) is 18.6 Å². The quantitative estimate of drug-likeness (QED) is 0.763. The standard InChI is InChI=1S/C13H16N2O2/c1-9(2)17-13(16)8-15-10(3)14-11-6-4-5-7-12(11)15/h4-7,9H,8H2,1-3H3. The summed E-state index contributed by atoms with van der Waals surface area (Å²) in [4.78, 5) is 16.0. The van der Waals surface area contributed by atoms with E-state index in [9.17, 15) is 4.79 Å². The molecule has 0 bridgehead atoms. The van der Waals surface area contributed by atoms with Crippen LogP contribution in [0.4, 0.5) is 0 Å². The number of aromatic nitrogens is 2. The van der Waals surface area contributed by atoms with Crippen LogP contribution < -0.4 is 0 Å². The molecular weight excluding hydrogens is 216 g/mol. The van der Waals surface area contributed by atoms with Crippen molar-refractivity contribution in [3.63, 3.8) is 0 Å². The van der Waals surface area contributed by atoms with Gasteiger partial charge in [-0.15, -0.1) is 0 Å². The van der Waals surface area contributed by atoms with Crippen molar-refractivity contribution >= 4 is 17.0 Å². The lowest BCUT2D eigenvalue weighted by atomic mass is 10.3. The molecule has 1 aromatic heterocycles. The van der Waals surface area contributed by atoms with Gasteiger partial charge in [0.25, 0.3) is 0 Å². The first-order valence-corrected chi connectivity index (χ1v) is 5.69. The Balaban J connectivity index is 2.29. The minimum absolute atomic E-state index is 0.0856. The molecule has 0 fully saturated rings. The molecule has 0 aliphatic heterocycles. The molecule has 0 aliphatic carbocycles. The molecule has 4 nitrogen and oxygen atoms in total. The van der Waals surface area contributed by atoms with Crippen LogP contribution >= 0.6 is 0 Å². The number of carbonyl (C=O) groups is 1. The van der Waals surface area contributed by atoms with E-state index in [1.807, 2.05) is 49.6 Å². The van der Waals surface area contributed by atoms with Crippen LogP contribution in [0.15, 0.2) is 24.3 Å². The number of aryl methyl sites for hydroxylation is 1. The van der Waals surface area contributed by atoms with E-state index in [1.54, 1.807) is 0 Å². The van der Waals surface area contributed by atoms with Crippen LogP contribution in [-0.2, 0) is 16.1 Å². The fraction of sp³-hybridized carbons (Fsp3) is 0.385. The maximum atomic E-state index is 11.6. The van der Waals surface area contributed by atoms with Crippen molar-refractivity contribution < 1.29 is 9.53 Å². The first-order chi connectivity index (χ1) is 8.08. The molecule has 0 saturated heterocycles. The SMILES string of the molecule is Cc1nc2ccccc2n1CC(=O)OC(C)C. The Kier molecular flexibility index (Phi) is 3.13. The predicted octanol–water partition coefficient (Wildman–Crippen LogP) is 2.30. The van der Waals surface area contributed by atoms with Crippen LogP contribution in [0.25, 0.3) is 11.0 Å². The highest BCUT2D eigenvalue weighted by atomic mass is 16.5. The van der Waals surface area contributed by atoms with Gasteiger partial charge >= 0.3 is 5.97 Å². The van der Waals surface area contributed by atoms with Crippen LogP contribution in [0.2, 0.25) is 0 Å². The molecule has 17 heavy (non-hydrogen) atoms. The normalized spacial score (nSPS) is 11.1. The second-order valence-corrected chi connectivity index (χ2v) is 4.27. The zero-order valence-corrected chi connectivity index (χ0v) is 10.3. The van der Waals surface area contributed by atoms with Gasteiger partial charge in [-0.25, -0.2) is 4.98 Å². The molecule has 90 valence electrons. The Labute approximate surface area is 100 Å². The van der Waals surface area contributed by atoms with Gasteiger partial charge in [0.15, 0.2) is 0 Å². The number of hydrogen-bond donors (Lipinski definition) is 0. The highest BCUT2D eigenvalue weighted by Crippen LogP contribution is 2.15. The Morgan fingerprint density at radius 1 is 1.41 bits per heavy atom. The summed E-state index contributed by atoms with van der Waals surface area (Å²) >= 11 is 0. The summed E-state index contributed by atoms with van der Waals surface area (Å²) in [6.45, 7) is 5.79. The number of rotatable bonds is 3. The fourth-order valence-corrected chi connectivity index (χ4v) is 1.82. The number of esters is 1. The van der Waals surface area contributed by atoms with Crippen LogP contribution in [0.5, 0.6) is 0 Å². The van der Waals surface area contributed by atoms with E-state index in [0.717, 1.165) is 16.9 Å². The van der Waals surface area contributed by atoms with Gasteiger partial charge in [-0.05, 0) is 32.9 Å². The summed E-state index contributed by atoms with van der Waals surface area (Å²) in [7, 11) is 0.